The zero-order valence-corrected chi connectivity index (χ0v) is 4.28. The maximum absolute atomic E-state index is 8.38. The predicted octanol–water partition coefficient (Wildman–Crippen LogP) is 0.301. The maximum Gasteiger partial charge on any atom is 0.0569 e. The van der Waals surface area contributed by atoms with Crippen LogP contribution in [-0.2, 0) is 0 Å². The molecule has 1 radical (unpaired) electrons. The largest absolute Gasteiger partial charge is 0.265 e. The highest BCUT2D eigenvalue weighted by Gasteiger charge is 1.78. The van der Waals surface area contributed by atoms with Crippen molar-refractivity contribution in [2.45, 2.75) is 0 Å². The van der Waals surface area contributed by atoms with Crippen molar-refractivity contribution in [3.05, 3.63) is 30.1 Å². The van der Waals surface area contributed by atoms with Crippen LogP contribution in [0.1, 0.15) is 5.56 Å². The van der Waals surface area contributed by atoms with Crippen LogP contribution < -0.4 is 5.41 Å². The van der Waals surface area contributed by atoms with E-state index in [4.69, 9.17) is 5.41 Å². The lowest BCUT2D eigenvalue weighted by Gasteiger charge is -1.82. The molecule has 0 aromatic carbocycles. The summed E-state index contributed by atoms with van der Waals surface area (Å²) < 4.78 is 0. The molecule has 2 heteroatoms. The van der Waals surface area contributed by atoms with Crippen LogP contribution in [0.25, 0.3) is 0 Å². The molecule has 1 aromatic heterocycles. The molecule has 0 amide bonds. The maximum atomic E-state index is 8.38. The average molecular weight is 105 g/mol. The molecule has 0 bridgehead atoms. The Morgan fingerprint density at radius 1 is 1.38 bits per heavy atom. The second kappa shape index (κ2) is 2.21. The van der Waals surface area contributed by atoms with E-state index >= 15 is 0 Å². The van der Waals surface area contributed by atoms with Gasteiger partial charge in [-0.2, -0.15) is 5.41 Å². The van der Waals surface area contributed by atoms with Gasteiger partial charge in [-0.25, -0.2) is 0 Å². The standard InChI is InChI=1S/C6H5N2/c7-5-6-1-3-8-4-2-6/h1-5H. The third kappa shape index (κ3) is 0.904. The van der Waals surface area contributed by atoms with Crippen molar-refractivity contribution in [2.24, 2.45) is 0 Å². The van der Waals surface area contributed by atoms with Gasteiger partial charge >= 0.3 is 0 Å². The van der Waals surface area contributed by atoms with Gasteiger partial charge < -0.3 is 0 Å². The second-order valence-corrected chi connectivity index (χ2v) is 1.41. The van der Waals surface area contributed by atoms with Crippen molar-refractivity contribution < 1.29 is 0 Å². The molecule has 1 rings (SSSR count). The Balaban J connectivity index is 2.99. The molecule has 1 heterocycles. The normalized spacial score (nSPS) is 8.50. The first-order chi connectivity index (χ1) is 3.93. The third-order valence-electron chi connectivity index (χ3n) is 0.855. The lowest BCUT2D eigenvalue weighted by Crippen LogP contribution is -1.78. The SMILES string of the molecule is [N]=Cc1ccncc1. The zero-order chi connectivity index (χ0) is 5.82. The van der Waals surface area contributed by atoms with Gasteiger partial charge in [-0.05, 0) is 17.7 Å². The number of hydrogen-bond acceptors (Lipinski definition) is 1. The van der Waals surface area contributed by atoms with Crippen LogP contribution in [0.3, 0.4) is 0 Å². The minimum atomic E-state index is 0.778. The van der Waals surface area contributed by atoms with Gasteiger partial charge in [0.25, 0.3) is 0 Å². The van der Waals surface area contributed by atoms with E-state index in [0.717, 1.165) is 11.8 Å². The molecule has 0 saturated carbocycles. The molecular formula is C6H5N2. The Labute approximate surface area is 47.7 Å². The van der Waals surface area contributed by atoms with Gasteiger partial charge in [0.2, 0.25) is 0 Å². The first kappa shape index (κ1) is 4.97. The second-order valence-electron chi connectivity index (χ2n) is 1.41. The summed E-state index contributed by atoms with van der Waals surface area (Å²) in [5.41, 5.74) is 0.778. The predicted molar refractivity (Wildman–Crippen MR) is 31.5 cm³/mol. The van der Waals surface area contributed by atoms with Gasteiger partial charge in [-0.1, -0.05) is 0 Å². The summed E-state index contributed by atoms with van der Waals surface area (Å²) in [7, 11) is 0. The summed E-state index contributed by atoms with van der Waals surface area (Å²) in [5.74, 6) is 0. The Bertz CT molecular complexity index is 169. The Hall–Kier alpha value is -1.18. The number of hydrogen-bond donors (Lipinski definition) is 0. The summed E-state index contributed by atoms with van der Waals surface area (Å²) in [6, 6.07) is 3.44. The monoisotopic (exact) mass is 105 g/mol. The van der Waals surface area contributed by atoms with Gasteiger partial charge in [-0.15, -0.1) is 0 Å². The Morgan fingerprint density at radius 2 is 2.00 bits per heavy atom. The molecule has 0 aliphatic carbocycles. The van der Waals surface area contributed by atoms with E-state index < -0.39 is 0 Å². The van der Waals surface area contributed by atoms with Crippen molar-refractivity contribution in [2.75, 3.05) is 0 Å². The van der Waals surface area contributed by atoms with Gasteiger partial charge in [0, 0.05) is 12.4 Å². The summed E-state index contributed by atoms with van der Waals surface area (Å²) in [5, 5.41) is 8.38. The molecule has 1 aromatic rings. The molecule has 0 aliphatic rings. The van der Waals surface area contributed by atoms with Gasteiger partial charge in [-0.3, -0.25) is 4.98 Å². The van der Waals surface area contributed by atoms with E-state index in [1.807, 2.05) is 0 Å². The average Bonchev–Trinajstić information content (AvgIpc) is 1.90. The van der Waals surface area contributed by atoms with Crippen molar-refractivity contribution in [1.29, 1.82) is 0 Å². The van der Waals surface area contributed by atoms with Crippen LogP contribution in [0.4, 0.5) is 0 Å². The highest BCUT2D eigenvalue weighted by atomic mass is 14.6. The van der Waals surface area contributed by atoms with Gasteiger partial charge in [0.15, 0.2) is 0 Å². The van der Waals surface area contributed by atoms with E-state index in [2.05, 4.69) is 4.98 Å². The lowest BCUT2D eigenvalue weighted by atomic mass is 10.3. The zero-order valence-electron chi connectivity index (χ0n) is 4.28. The quantitative estimate of drug-likeness (QED) is 0.473. The van der Waals surface area contributed by atoms with Crippen LogP contribution in [-0.4, -0.2) is 11.2 Å². The molecule has 0 spiro atoms. The first-order valence-corrected chi connectivity index (χ1v) is 2.31. The van der Waals surface area contributed by atoms with E-state index in [0.29, 0.717) is 0 Å². The van der Waals surface area contributed by atoms with Crippen molar-refractivity contribution >= 4 is 6.21 Å². The molecule has 39 valence electrons. The molecule has 2 nitrogen and oxygen atoms in total. The van der Waals surface area contributed by atoms with Crippen LogP contribution in [0.15, 0.2) is 24.5 Å². The molecule has 0 N–H and O–H groups in total. The van der Waals surface area contributed by atoms with Gasteiger partial charge in [0.05, 0.1) is 6.21 Å². The molecule has 0 aliphatic heterocycles. The highest BCUT2D eigenvalue weighted by Crippen LogP contribution is 1.87. The minimum absolute atomic E-state index is 0.778. The fourth-order valence-corrected chi connectivity index (χ4v) is 0.450. The summed E-state index contributed by atoms with van der Waals surface area (Å²) >= 11 is 0. The lowest BCUT2D eigenvalue weighted by molar-refractivity contribution is 1.32. The molecular weight excluding hydrogens is 100 g/mol. The molecule has 0 atom stereocenters. The fourth-order valence-electron chi connectivity index (χ4n) is 0.450. The first-order valence-electron chi connectivity index (χ1n) is 2.31. The number of pyridine rings is 1. The highest BCUT2D eigenvalue weighted by molar-refractivity contribution is 5.77. The number of nitrogens with zero attached hydrogens (tertiary/aromatic N) is 2. The van der Waals surface area contributed by atoms with Crippen molar-refractivity contribution in [3.8, 4) is 0 Å². The number of rotatable bonds is 1. The number of aromatic nitrogens is 1. The summed E-state index contributed by atoms with van der Waals surface area (Å²) in [6.45, 7) is 0. The van der Waals surface area contributed by atoms with Crippen LogP contribution in [0.2, 0.25) is 0 Å². The van der Waals surface area contributed by atoms with E-state index in [9.17, 15) is 0 Å². The third-order valence-corrected chi connectivity index (χ3v) is 0.855. The molecule has 0 unspecified atom stereocenters. The van der Waals surface area contributed by atoms with E-state index in [1.165, 1.54) is 0 Å². The van der Waals surface area contributed by atoms with Gasteiger partial charge in [0.1, 0.15) is 0 Å². The summed E-state index contributed by atoms with van der Waals surface area (Å²) in [4.78, 5) is 3.76. The van der Waals surface area contributed by atoms with E-state index in [-0.39, 0.29) is 0 Å². The fraction of sp³-hybridized carbons (Fsp3) is 0. The van der Waals surface area contributed by atoms with Crippen molar-refractivity contribution in [1.82, 2.24) is 10.4 Å². The summed E-state index contributed by atoms with van der Waals surface area (Å²) in [6.07, 6.45) is 4.30. The van der Waals surface area contributed by atoms with Crippen LogP contribution in [0, 0.1) is 0 Å². The smallest absolute Gasteiger partial charge is 0.0569 e. The van der Waals surface area contributed by atoms with Crippen LogP contribution in [0.5, 0.6) is 0 Å². The van der Waals surface area contributed by atoms with E-state index in [1.54, 1.807) is 24.5 Å². The minimum Gasteiger partial charge on any atom is -0.265 e. The molecule has 8 heavy (non-hydrogen) atoms. The van der Waals surface area contributed by atoms with Crippen molar-refractivity contribution in [3.63, 3.8) is 0 Å². The Kier molecular flexibility index (Phi) is 1.37. The Morgan fingerprint density at radius 3 is 2.38 bits per heavy atom. The van der Waals surface area contributed by atoms with Crippen LogP contribution >= 0.6 is 0 Å². The topological polar surface area (TPSA) is 35.2 Å². The molecule has 0 saturated heterocycles. The molecule has 0 fully saturated rings.